The van der Waals surface area contributed by atoms with Gasteiger partial charge in [0, 0.05) is 12.5 Å². The molecule has 1 heterocycles. The van der Waals surface area contributed by atoms with Gasteiger partial charge in [-0.15, -0.1) is 0 Å². The molecule has 0 N–H and O–H groups in total. The maximum absolute atomic E-state index is 12.7. The van der Waals surface area contributed by atoms with Crippen LogP contribution in [0.15, 0.2) is 42.0 Å². The number of nitrogens with zero attached hydrogens (tertiary/aromatic N) is 1. The lowest BCUT2D eigenvalue weighted by Crippen LogP contribution is -2.60. The minimum atomic E-state index is 0.0141. The largest absolute Gasteiger partial charge is 0.497 e. The van der Waals surface area contributed by atoms with Crippen LogP contribution in [0.4, 0.5) is 0 Å². The van der Waals surface area contributed by atoms with E-state index in [1.54, 1.807) is 7.11 Å². The summed E-state index contributed by atoms with van der Waals surface area (Å²) < 4.78 is 5.46. The zero-order chi connectivity index (χ0) is 21.1. The Morgan fingerprint density at radius 1 is 1.17 bits per heavy atom. The van der Waals surface area contributed by atoms with Crippen LogP contribution in [0.2, 0.25) is 0 Å². The summed E-state index contributed by atoms with van der Waals surface area (Å²) in [7, 11) is 3.72. The van der Waals surface area contributed by atoms with Crippen LogP contribution in [-0.2, 0) is 4.79 Å². The highest BCUT2D eigenvalue weighted by molar-refractivity contribution is 5.89. The van der Waals surface area contributed by atoms with Gasteiger partial charge in [-0.1, -0.05) is 44.6 Å². The summed E-state index contributed by atoms with van der Waals surface area (Å²) in [6.45, 7) is 4.97. The third-order valence-electron chi connectivity index (χ3n) is 9.19. The molecule has 1 aromatic carbocycles. The van der Waals surface area contributed by atoms with E-state index in [0.717, 1.165) is 24.0 Å². The summed E-state index contributed by atoms with van der Waals surface area (Å²) in [5, 5.41) is 0. The standard InChI is InChI=1S/C27H35NO2/c1-26-12-6-9-22(26)21-17-19(15-18-7-5-8-20(16-18)30-4)25-27(2,23(21)10-13-26)14-11-24(29)28(25)3/h5,7-8,11,14-16,21-23,25H,6,9-10,12-13,17H2,1-4H3/b19-15+/t21-,22-,23-,25+,26-,27+/m0/s1. The monoisotopic (exact) mass is 405 g/mol. The third kappa shape index (κ3) is 2.88. The van der Waals surface area contributed by atoms with Gasteiger partial charge in [-0.25, -0.2) is 0 Å². The van der Waals surface area contributed by atoms with E-state index in [1.165, 1.54) is 43.2 Å². The van der Waals surface area contributed by atoms with Crippen molar-refractivity contribution in [3.05, 3.63) is 47.6 Å². The van der Waals surface area contributed by atoms with Crippen LogP contribution in [0.25, 0.3) is 6.08 Å². The SMILES string of the molecule is COc1cccc(/C=C2\C[C@H]3[C@@H]4CCC[C@@]4(C)CC[C@@H]3[C@@]3(C)C=CC(=O)N(C)[C@H]23)c1. The predicted molar refractivity (Wildman–Crippen MR) is 121 cm³/mol. The molecule has 3 aliphatic carbocycles. The molecule has 0 bridgehead atoms. The topological polar surface area (TPSA) is 29.5 Å². The molecule has 5 rings (SSSR count). The van der Waals surface area contributed by atoms with Crippen LogP contribution in [0.1, 0.15) is 57.9 Å². The van der Waals surface area contributed by atoms with Crippen molar-refractivity contribution in [2.75, 3.05) is 14.2 Å². The minimum Gasteiger partial charge on any atom is -0.497 e. The Morgan fingerprint density at radius 2 is 2.00 bits per heavy atom. The molecule has 3 heteroatoms. The second-order valence-electron chi connectivity index (χ2n) is 10.7. The number of hydrogen-bond acceptors (Lipinski definition) is 2. The van der Waals surface area contributed by atoms with Crippen molar-refractivity contribution >= 4 is 12.0 Å². The fourth-order valence-corrected chi connectivity index (χ4v) is 7.78. The van der Waals surface area contributed by atoms with E-state index >= 15 is 0 Å². The quantitative estimate of drug-likeness (QED) is 0.630. The van der Waals surface area contributed by atoms with Gasteiger partial charge in [0.2, 0.25) is 5.91 Å². The van der Waals surface area contributed by atoms with Gasteiger partial charge in [0.25, 0.3) is 0 Å². The number of rotatable bonds is 2. The summed E-state index contributed by atoms with van der Waals surface area (Å²) in [6.07, 6.45) is 14.4. The molecule has 1 amide bonds. The second-order valence-corrected chi connectivity index (χ2v) is 10.7. The lowest BCUT2D eigenvalue weighted by atomic mass is 9.47. The molecule has 3 nitrogen and oxygen atoms in total. The van der Waals surface area contributed by atoms with Crippen molar-refractivity contribution in [2.45, 2.75) is 58.4 Å². The van der Waals surface area contributed by atoms with E-state index < -0.39 is 0 Å². The van der Waals surface area contributed by atoms with E-state index in [2.05, 4.69) is 44.2 Å². The summed E-state index contributed by atoms with van der Waals surface area (Å²) >= 11 is 0. The van der Waals surface area contributed by atoms with Gasteiger partial charge in [-0.2, -0.15) is 0 Å². The number of carbonyl (C=O) groups is 1. The lowest BCUT2D eigenvalue weighted by molar-refractivity contribution is -0.133. The average Bonchev–Trinajstić information content (AvgIpc) is 3.13. The Hall–Kier alpha value is -2.03. The van der Waals surface area contributed by atoms with Crippen molar-refractivity contribution in [3.8, 4) is 5.75 Å². The Balaban J connectivity index is 1.61. The number of fused-ring (bicyclic) bond motifs is 5. The molecular weight excluding hydrogens is 370 g/mol. The second kappa shape index (κ2) is 7.00. The molecule has 0 unspecified atom stereocenters. The van der Waals surface area contributed by atoms with Crippen molar-refractivity contribution in [2.24, 2.45) is 28.6 Å². The number of likely N-dealkylation sites (N-methyl/N-ethyl adjacent to an activating group) is 1. The number of hydrogen-bond donors (Lipinski definition) is 0. The fourth-order valence-electron chi connectivity index (χ4n) is 7.78. The van der Waals surface area contributed by atoms with Gasteiger partial charge in [-0.3, -0.25) is 4.79 Å². The third-order valence-corrected chi connectivity index (χ3v) is 9.19. The molecule has 1 aliphatic heterocycles. The Labute approximate surface area is 181 Å². The van der Waals surface area contributed by atoms with E-state index in [0.29, 0.717) is 11.3 Å². The highest BCUT2D eigenvalue weighted by Gasteiger charge is 2.59. The predicted octanol–water partition coefficient (Wildman–Crippen LogP) is 5.72. The number of methoxy groups -OCH3 is 1. The molecule has 0 radical (unpaired) electrons. The van der Waals surface area contributed by atoms with Crippen LogP contribution in [0, 0.1) is 28.6 Å². The van der Waals surface area contributed by atoms with Gasteiger partial charge in [0.05, 0.1) is 13.2 Å². The number of carbonyl (C=O) groups excluding carboxylic acids is 1. The lowest BCUT2D eigenvalue weighted by Gasteiger charge is -2.60. The first kappa shape index (κ1) is 19.9. The van der Waals surface area contributed by atoms with Crippen LogP contribution < -0.4 is 4.74 Å². The normalized spacial score (nSPS) is 41.4. The van der Waals surface area contributed by atoms with Gasteiger partial charge in [0.15, 0.2) is 0 Å². The molecule has 6 atom stereocenters. The minimum absolute atomic E-state index is 0.0141. The summed E-state index contributed by atoms with van der Waals surface area (Å²) in [4.78, 5) is 14.7. The molecular formula is C27H35NO2. The molecule has 3 fully saturated rings. The van der Waals surface area contributed by atoms with E-state index in [9.17, 15) is 4.79 Å². The maximum atomic E-state index is 12.7. The van der Waals surface area contributed by atoms with Gasteiger partial charge >= 0.3 is 0 Å². The van der Waals surface area contributed by atoms with Gasteiger partial charge < -0.3 is 9.64 Å². The van der Waals surface area contributed by atoms with Crippen molar-refractivity contribution < 1.29 is 9.53 Å². The summed E-state index contributed by atoms with van der Waals surface area (Å²) in [5.74, 6) is 3.21. The van der Waals surface area contributed by atoms with Crippen LogP contribution in [0.5, 0.6) is 5.75 Å². The zero-order valence-corrected chi connectivity index (χ0v) is 18.9. The zero-order valence-electron chi connectivity index (χ0n) is 18.9. The van der Waals surface area contributed by atoms with Gasteiger partial charge in [-0.05, 0) is 84.6 Å². The molecule has 4 aliphatic rings. The number of benzene rings is 1. The van der Waals surface area contributed by atoms with Crippen LogP contribution in [0.3, 0.4) is 0 Å². The van der Waals surface area contributed by atoms with Crippen molar-refractivity contribution in [1.82, 2.24) is 4.90 Å². The fraction of sp³-hybridized carbons (Fsp3) is 0.593. The average molecular weight is 406 g/mol. The first-order valence-electron chi connectivity index (χ1n) is 11.7. The highest BCUT2D eigenvalue weighted by atomic mass is 16.5. The number of amides is 1. The molecule has 0 aromatic heterocycles. The van der Waals surface area contributed by atoms with Crippen molar-refractivity contribution in [3.63, 3.8) is 0 Å². The molecule has 0 saturated heterocycles. The Morgan fingerprint density at radius 3 is 2.80 bits per heavy atom. The van der Waals surface area contributed by atoms with Crippen LogP contribution in [-0.4, -0.2) is 31.0 Å². The van der Waals surface area contributed by atoms with Crippen molar-refractivity contribution in [1.29, 1.82) is 0 Å². The highest BCUT2D eigenvalue weighted by Crippen LogP contribution is 2.64. The van der Waals surface area contributed by atoms with Crippen LogP contribution >= 0.6 is 0 Å². The van der Waals surface area contributed by atoms with E-state index in [4.69, 9.17) is 4.74 Å². The molecule has 3 saturated carbocycles. The molecule has 1 aromatic rings. The Bertz CT molecular complexity index is 917. The van der Waals surface area contributed by atoms with E-state index in [1.807, 2.05) is 24.1 Å². The summed E-state index contributed by atoms with van der Waals surface area (Å²) in [6, 6.07) is 8.46. The number of ether oxygens (including phenoxy) is 1. The smallest absolute Gasteiger partial charge is 0.246 e. The Kier molecular flexibility index (Phi) is 4.65. The molecule has 160 valence electrons. The van der Waals surface area contributed by atoms with Gasteiger partial charge in [0.1, 0.15) is 5.75 Å². The van der Waals surface area contributed by atoms with E-state index in [-0.39, 0.29) is 17.4 Å². The summed E-state index contributed by atoms with van der Waals surface area (Å²) in [5.41, 5.74) is 3.13. The molecule has 0 spiro atoms. The first-order chi connectivity index (χ1) is 14.4. The maximum Gasteiger partial charge on any atom is 0.246 e. The molecule has 30 heavy (non-hydrogen) atoms. The first-order valence-corrected chi connectivity index (χ1v) is 11.7.